The quantitative estimate of drug-likeness (QED) is 0.641. The molecule has 0 unspecified atom stereocenters. The fraction of sp³-hybridized carbons (Fsp3) is 0.706. The molecule has 1 aromatic heterocycles. The highest BCUT2D eigenvalue weighted by Gasteiger charge is 2.21. The highest BCUT2D eigenvalue weighted by molar-refractivity contribution is 5.42. The van der Waals surface area contributed by atoms with E-state index in [1.165, 1.54) is 56.3 Å². The summed E-state index contributed by atoms with van der Waals surface area (Å²) < 4.78 is 0. The number of rotatable bonds is 0. The van der Waals surface area contributed by atoms with Crippen molar-refractivity contribution in [2.24, 2.45) is 0 Å². The van der Waals surface area contributed by atoms with Gasteiger partial charge in [-0.15, -0.1) is 0 Å². The summed E-state index contributed by atoms with van der Waals surface area (Å²) in [7, 11) is 0. The van der Waals surface area contributed by atoms with Crippen LogP contribution in [-0.4, -0.2) is 4.98 Å². The number of nitrogens with zero attached hydrogens (tertiary/aromatic N) is 1. The molecule has 2 aliphatic carbocycles. The lowest BCUT2D eigenvalue weighted by Gasteiger charge is -2.19. The van der Waals surface area contributed by atoms with Crippen molar-refractivity contribution in [3.05, 3.63) is 28.1 Å². The molecule has 2 aliphatic rings. The van der Waals surface area contributed by atoms with Crippen LogP contribution in [0.4, 0.5) is 0 Å². The highest BCUT2D eigenvalue weighted by Crippen LogP contribution is 2.31. The van der Waals surface area contributed by atoms with Crippen LogP contribution in [0.1, 0.15) is 75.0 Å². The number of hydrogen-bond donors (Lipinski definition) is 0. The van der Waals surface area contributed by atoms with Gasteiger partial charge >= 0.3 is 0 Å². The van der Waals surface area contributed by atoms with Gasteiger partial charge in [0, 0.05) is 11.4 Å². The van der Waals surface area contributed by atoms with Gasteiger partial charge in [0.05, 0.1) is 0 Å². The molecule has 1 nitrogen and oxygen atoms in total. The summed E-state index contributed by atoms with van der Waals surface area (Å²) in [4.78, 5) is 4.85. The van der Waals surface area contributed by atoms with Crippen molar-refractivity contribution in [3.8, 4) is 0 Å². The van der Waals surface area contributed by atoms with Gasteiger partial charge in [0.1, 0.15) is 0 Å². The van der Waals surface area contributed by atoms with Crippen molar-refractivity contribution >= 4 is 0 Å². The standard InChI is InChI=1S/C13H17N.2C2H6/c1-9-10-5-2-3-7-12(10)14-13-8-4-6-11(9)13;2*1-2/h2-8H2,1H3;2*1-2H3. The second kappa shape index (κ2) is 7.56. The van der Waals surface area contributed by atoms with Gasteiger partial charge in [-0.05, 0) is 68.6 Å². The maximum absolute atomic E-state index is 4.85. The summed E-state index contributed by atoms with van der Waals surface area (Å²) >= 11 is 0. The lowest BCUT2D eigenvalue weighted by molar-refractivity contribution is 0.659. The number of pyridine rings is 1. The molecule has 0 fully saturated rings. The van der Waals surface area contributed by atoms with Crippen molar-refractivity contribution in [2.45, 2.75) is 79.6 Å². The van der Waals surface area contributed by atoms with E-state index in [2.05, 4.69) is 6.92 Å². The van der Waals surface area contributed by atoms with Crippen molar-refractivity contribution in [1.82, 2.24) is 4.98 Å². The highest BCUT2D eigenvalue weighted by atomic mass is 14.7. The van der Waals surface area contributed by atoms with Gasteiger partial charge in [-0.1, -0.05) is 27.7 Å². The first-order valence-corrected chi connectivity index (χ1v) is 7.86. The first-order chi connectivity index (χ1) is 8.86. The molecule has 0 radical (unpaired) electrons. The minimum Gasteiger partial charge on any atom is -0.257 e. The fourth-order valence-corrected chi connectivity index (χ4v) is 3.02. The first kappa shape index (κ1) is 15.2. The molecule has 0 N–H and O–H groups in total. The molecule has 3 rings (SSSR count). The molecule has 0 amide bonds. The van der Waals surface area contributed by atoms with Crippen LogP contribution in [0.3, 0.4) is 0 Å². The average Bonchev–Trinajstić information content (AvgIpc) is 2.92. The Labute approximate surface area is 113 Å². The van der Waals surface area contributed by atoms with Crippen LogP contribution in [0, 0.1) is 6.92 Å². The first-order valence-electron chi connectivity index (χ1n) is 7.86. The van der Waals surface area contributed by atoms with Crippen molar-refractivity contribution < 1.29 is 0 Å². The van der Waals surface area contributed by atoms with Gasteiger partial charge in [0.25, 0.3) is 0 Å². The summed E-state index contributed by atoms with van der Waals surface area (Å²) in [6.45, 7) is 10.3. The van der Waals surface area contributed by atoms with E-state index in [0.717, 1.165) is 0 Å². The Kier molecular flexibility index (Phi) is 6.38. The fourth-order valence-electron chi connectivity index (χ4n) is 3.02. The zero-order valence-corrected chi connectivity index (χ0v) is 12.9. The minimum atomic E-state index is 1.23. The zero-order chi connectivity index (χ0) is 13.5. The molecule has 0 saturated heterocycles. The van der Waals surface area contributed by atoms with Gasteiger partial charge in [0.15, 0.2) is 0 Å². The molecule has 0 bridgehead atoms. The lowest BCUT2D eigenvalue weighted by Crippen LogP contribution is -2.10. The molecule has 0 atom stereocenters. The average molecular weight is 247 g/mol. The van der Waals surface area contributed by atoms with Crippen molar-refractivity contribution in [2.75, 3.05) is 0 Å². The predicted molar refractivity (Wildman–Crippen MR) is 80.3 cm³/mol. The second-order valence-electron chi connectivity index (χ2n) is 4.65. The summed E-state index contributed by atoms with van der Waals surface area (Å²) in [5, 5.41) is 0. The van der Waals surface area contributed by atoms with E-state index >= 15 is 0 Å². The third kappa shape index (κ3) is 2.93. The smallest absolute Gasteiger partial charge is 0.0441 e. The lowest BCUT2D eigenvalue weighted by atomic mass is 9.90. The van der Waals surface area contributed by atoms with E-state index in [-0.39, 0.29) is 0 Å². The van der Waals surface area contributed by atoms with E-state index in [0.29, 0.717) is 0 Å². The molecule has 0 aromatic carbocycles. The summed E-state index contributed by atoms with van der Waals surface area (Å²) in [6.07, 6.45) is 9.05. The van der Waals surface area contributed by atoms with Gasteiger partial charge in [-0.25, -0.2) is 0 Å². The van der Waals surface area contributed by atoms with E-state index in [1.54, 1.807) is 16.7 Å². The van der Waals surface area contributed by atoms with Crippen LogP contribution >= 0.6 is 0 Å². The van der Waals surface area contributed by atoms with Crippen LogP contribution in [-0.2, 0) is 25.7 Å². The van der Waals surface area contributed by atoms with Crippen molar-refractivity contribution in [3.63, 3.8) is 0 Å². The molecule has 102 valence electrons. The number of aromatic nitrogens is 1. The molecule has 1 heteroatoms. The van der Waals surface area contributed by atoms with E-state index in [9.17, 15) is 0 Å². The molecule has 0 aliphatic heterocycles. The van der Waals surface area contributed by atoms with Crippen LogP contribution in [0.5, 0.6) is 0 Å². The van der Waals surface area contributed by atoms with Crippen LogP contribution < -0.4 is 0 Å². The maximum atomic E-state index is 4.85. The predicted octanol–water partition coefficient (Wildman–Crippen LogP) is 4.81. The van der Waals surface area contributed by atoms with E-state index < -0.39 is 0 Å². The van der Waals surface area contributed by atoms with Crippen LogP contribution in [0.25, 0.3) is 0 Å². The zero-order valence-electron chi connectivity index (χ0n) is 12.9. The molecule has 18 heavy (non-hydrogen) atoms. The topological polar surface area (TPSA) is 12.9 Å². The second-order valence-corrected chi connectivity index (χ2v) is 4.65. The van der Waals surface area contributed by atoms with Crippen molar-refractivity contribution in [1.29, 1.82) is 0 Å². The summed E-state index contributed by atoms with van der Waals surface area (Å²) in [6, 6.07) is 0. The van der Waals surface area contributed by atoms with Gasteiger partial charge in [-0.2, -0.15) is 0 Å². The molecule has 0 spiro atoms. The molecule has 1 heterocycles. The third-order valence-electron chi connectivity index (χ3n) is 3.80. The molecule has 0 saturated carbocycles. The largest absolute Gasteiger partial charge is 0.257 e. The van der Waals surface area contributed by atoms with E-state index in [1.807, 2.05) is 27.7 Å². The third-order valence-corrected chi connectivity index (χ3v) is 3.80. The monoisotopic (exact) mass is 247 g/mol. The Bertz CT molecular complexity index is 380. The molecule has 1 aromatic rings. The molecular weight excluding hydrogens is 218 g/mol. The summed E-state index contributed by atoms with van der Waals surface area (Å²) in [5.74, 6) is 0. The normalized spacial score (nSPS) is 15.6. The van der Waals surface area contributed by atoms with Gasteiger partial charge < -0.3 is 0 Å². The molecular formula is C17H29N. The number of aryl methyl sites for hydroxylation is 2. The Balaban J connectivity index is 0.000000371. The maximum Gasteiger partial charge on any atom is 0.0441 e. The van der Waals surface area contributed by atoms with Crippen LogP contribution in [0.2, 0.25) is 0 Å². The summed E-state index contributed by atoms with van der Waals surface area (Å²) in [5.41, 5.74) is 7.61. The Morgan fingerprint density at radius 3 is 1.72 bits per heavy atom. The van der Waals surface area contributed by atoms with E-state index in [4.69, 9.17) is 4.98 Å². The SMILES string of the molecule is CC.CC.Cc1c2c(nc3c1CCC3)CCCC2. The Morgan fingerprint density at radius 2 is 1.11 bits per heavy atom. The van der Waals surface area contributed by atoms with Crippen LogP contribution in [0.15, 0.2) is 0 Å². The Hall–Kier alpha value is -0.850. The Morgan fingerprint density at radius 1 is 0.667 bits per heavy atom. The van der Waals surface area contributed by atoms with Gasteiger partial charge in [0.2, 0.25) is 0 Å². The van der Waals surface area contributed by atoms with Gasteiger partial charge in [-0.3, -0.25) is 4.98 Å². The number of hydrogen-bond acceptors (Lipinski definition) is 1. The minimum absolute atomic E-state index is 1.23. The number of fused-ring (bicyclic) bond motifs is 2.